The molecule has 6 nitrogen and oxygen atoms in total. The summed E-state index contributed by atoms with van der Waals surface area (Å²) >= 11 is 1.04. The maximum absolute atomic E-state index is 13.0. The Bertz CT molecular complexity index is 786. The highest BCUT2D eigenvalue weighted by molar-refractivity contribution is 7.89. The van der Waals surface area contributed by atoms with Gasteiger partial charge in [0.2, 0.25) is 10.0 Å². The fraction of sp³-hybridized carbons (Fsp3) is 0.167. The van der Waals surface area contributed by atoms with Gasteiger partial charge in [-0.1, -0.05) is 0 Å². The van der Waals surface area contributed by atoms with Gasteiger partial charge in [0.1, 0.15) is 10.8 Å². The SMILES string of the molecule is Cc1cc(F)ccc1S(=O)(=O)NCc1nc(C(=O)O)cs1. The summed E-state index contributed by atoms with van der Waals surface area (Å²) in [4.78, 5) is 14.4. The number of nitrogens with zero attached hydrogens (tertiary/aromatic N) is 1. The molecular weight excluding hydrogens is 319 g/mol. The number of halogens is 1. The van der Waals surface area contributed by atoms with Gasteiger partial charge in [-0.3, -0.25) is 0 Å². The first kappa shape index (κ1) is 15.5. The standard InChI is InChI=1S/C12H11FN2O4S2/c1-7-4-8(13)2-3-10(7)21(18,19)14-5-11-15-9(6-20-11)12(16)17/h2-4,6,14H,5H2,1H3,(H,16,17). The highest BCUT2D eigenvalue weighted by Gasteiger charge is 2.18. The molecule has 0 saturated carbocycles. The third kappa shape index (κ3) is 3.63. The molecule has 1 heterocycles. The maximum atomic E-state index is 13.0. The number of carboxylic acid groups (broad SMARTS) is 1. The number of carboxylic acids is 1. The first-order valence-electron chi connectivity index (χ1n) is 5.73. The molecule has 2 N–H and O–H groups in total. The van der Waals surface area contributed by atoms with E-state index in [0.717, 1.165) is 23.5 Å². The Kier molecular flexibility index (Phi) is 4.35. The van der Waals surface area contributed by atoms with Crippen LogP contribution in [0.3, 0.4) is 0 Å². The lowest BCUT2D eigenvalue weighted by molar-refractivity contribution is 0.0691. The molecule has 0 aliphatic carbocycles. The van der Waals surface area contributed by atoms with Crippen molar-refractivity contribution >= 4 is 27.3 Å². The van der Waals surface area contributed by atoms with Crippen LogP contribution in [0.25, 0.3) is 0 Å². The van der Waals surface area contributed by atoms with Gasteiger partial charge in [-0.2, -0.15) is 0 Å². The molecule has 9 heteroatoms. The highest BCUT2D eigenvalue weighted by atomic mass is 32.2. The van der Waals surface area contributed by atoms with Gasteiger partial charge in [0.25, 0.3) is 0 Å². The predicted octanol–water partition coefficient (Wildman–Crippen LogP) is 1.77. The number of hydrogen-bond donors (Lipinski definition) is 2. The Morgan fingerprint density at radius 1 is 1.48 bits per heavy atom. The van der Waals surface area contributed by atoms with Gasteiger partial charge in [0.05, 0.1) is 11.4 Å². The predicted molar refractivity (Wildman–Crippen MR) is 74.2 cm³/mol. The fourth-order valence-electron chi connectivity index (χ4n) is 1.64. The second kappa shape index (κ2) is 5.88. The lowest BCUT2D eigenvalue weighted by atomic mass is 10.2. The van der Waals surface area contributed by atoms with Crippen LogP contribution in [0.1, 0.15) is 21.1 Å². The smallest absolute Gasteiger partial charge is 0.355 e. The Balaban J connectivity index is 2.15. The summed E-state index contributed by atoms with van der Waals surface area (Å²) in [5.41, 5.74) is 0.153. The summed E-state index contributed by atoms with van der Waals surface area (Å²) in [6.07, 6.45) is 0. The second-order valence-electron chi connectivity index (χ2n) is 4.17. The van der Waals surface area contributed by atoms with Crippen molar-refractivity contribution in [1.29, 1.82) is 0 Å². The summed E-state index contributed by atoms with van der Waals surface area (Å²) in [5, 5.41) is 10.4. The zero-order valence-electron chi connectivity index (χ0n) is 10.8. The molecular formula is C12H11FN2O4S2. The monoisotopic (exact) mass is 330 g/mol. The first-order valence-corrected chi connectivity index (χ1v) is 8.09. The lowest BCUT2D eigenvalue weighted by Crippen LogP contribution is -2.24. The number of rotatable bonds is 5. The van der Waals surface area contributed by atoms with Gasteiger partial charge in [0, 0.05) is 5.38 Å². The fourth-order valence-corrected chi connectivity index (χ4v) is 3.65. The van der Waals surface area contributed by atoms with Gasteiger partial charge < -0.3 is 5.11 Å². The summed E-state index contributed by atoms with van der Waals surface area (Å²) in [6.45, 7) is 1.36. The first-order chi connectivity index (χ1) is 9.79. The number of carbonyl (C=O) groups is 1. The molecule has 0 unspecified atom stereocenters. The molecule has 0 aliphatic rings. The number of benzene rings is 1. The topological polar surface area (TPSA) is 96.4 Å². The molecule has 0 fully saturated rings. The van der Waals surface area contributed by atoms with Crippen LogP contribution in [0.4, 0.5) is 4.39 Å². The van der Waals surface area contributed by atoms with Crippen LogP contribution in [0.15, 0.2) is 28.5 Å². The van der Waals surface area contributed by atoms with Crippen LogP contribution in [0.2, 0.25) is 0 Å². The van der Waals surface area contributed by atoms with E-state index in [1.165, 1.54) is 18.4 Å². The van der Waals surface area contributed by atoms with Crippen LogP contribution in [-0.4, -0.2) is 24.5 Å². The minimum Gasteiger partial charge on any atom is -0.476 e. The van der Waals surface area contributed by atoms with Gasteiger partial charge in [-0.25, -0.2) is 27.3 Å². The van der Waals surface area contributed by atoms with Crippen molar-refractivity contribution in [2.45, 2.75) is 18.4 Å². The van der Waals surface area contributed by atoms with E-state index in [1.54, 1.807) is 0 Å². The van der Waals surface area contributed by atoms with Crippen molar-refractivity contribution in [3.05, 3.63) is 45.7 Å². The third-order valence-corrected chi connectivity index (χ3v) is 5.02. The molecule has 2 aromatic rings. The van der Waals surface area contributed by atoms with Crippen LogP contribution in [0, 0.1) is 12.7 Å². The lowest BCUT2D eigenvalue weighted by Gasteiger charge is -2.08. The van der Waals surface area contributed by atoms with E-state index in [9.17, 15) is 17.6 Å². The number of aryl methyl sites for hydroxylation is 1. The van der Waals surface area contributed by atoms with E-state index in [2.05, 4.69) is 9.71 Å². The van der Waals surface area contributed by atoms with Gasteiger partial charge >= 0.3 is 5.97 Å². The average molecular weight is 330 g/mol. The zero-order chi connectivity index (χ0) is 15.6. The summed E-state index contributed by atoms with van der Waals surface area (Å²) < 4.78 is 39.5. The molecule has 1 aromatic heterocycles. The Hall–Kier alpha value is -1.84. The van der Waals surface area contributed by atoms with Gasteiger partial charge in [-0.15, -0.1) is 11.3 Å². The number of hydrogen-bond acceptors (Lipinski definition) is 5. The van der Waals surface area contributed by atoms with Crippen molar-refractivity contribution in [1.82, 2.24) is 9.71 Å². The minimum absolute atomic E-state index is 0.0288. The molecule has 0 saturated heterocycles. The third-order valence-electron chi connectivity index (χ3n) is 2.61. The molecule has 0 amide bonds. The van der Waals surface area contributed by atoms with Crippen molar-refractivity contribution in [2.75, 3.05) is 0 Å². The minimum atomic E-state index is -3.81. The van der Waals surface area contributed by atoms with Crippen LogP contribution in [-0.2, 0) is 16.6 Å². The summed E-state index contributed by atoms with van der Waals surface area (Å²) in [5.74, 6) is -1.69. The second-order valence-corrected chi connectivity index (χ2v) is 6.84. The summed E-state index contributed by atoms with van der Waals surface area (Å²) in [7, 11) is -3.81. The molecule has 0 radical (unpaired) electrons. The molecule has 2 rings (SSSR count). The van der Waals surface area contributed by atoms with Crippen LogP contribution >= 0.6 is 11.3 Å². The van der Waals surface area contributed by atoms with Crippen LogP contribution in [0.5, 0.6) is 0 Å². The molecule has 1 aromatic carbocycles. The van der Waals surface area contributed by atoms with Crippen molar-refractivity contribution in [2.24, 2.45) is 0 Å². The molecule has 0 bridgehead atoms. The van der Waals surface area contributed by atoms with E-state index in [0.29, 0.717) is 5.01 Å². The van der Waals surface area contributed by atoms with Crippen molar-refractivity contribution in [3.8, 4) is 0 Å². The number of aromatic carboxylic acids is 1. The quantitative estimate of drug-likeness (QED) is 0.871. The average Bonchev–Trinajstić information content (AvgIpc) is 2.85. The summed E-state index contributed by atoms with van der Waals surface area (Å²) in [6, 6.07) is 3.37. The molecule has 112 valence electrons. The number of aromatic nitrogens is 1. The van der Waals surface area contributed by atoms with E-state index < -0.39 is 21.8 Å². The normalized spacial score (nSPS) is 11.5. The zero-order valence-corrected chi connectivity index (χ0v) is 12.5. The molecule has 0 spiro atoms. The van der Waals surface area contributed by atoms with Gasteiger partial charge in [-0.05, 0) is 30.7 Å². The maximum Gasteiger partial charge on any atom is 0.355 e. The van der Waals surface area contributed by atoms with Crippen LogP contribution < -0.4 is 4.72 Å². The number of thiazole rings is 1. The van der Waals surface area contributed by atoms with Crippen molar-refractivity contribution in [3.63, 3.8) is 0 Å². The van der Waals surface area contributed by atoms with Crippen molar-refractivity contribution < 1.29 is 22.7 Å². The molecule has 21 heavy (non-hydrogen) atoms. The van der Waals surface area contributed by atoms with Gasteiger partial charge in [0.15, 0.2) is 5.69 Å². The van der Waals surface area contributed by atoms with E-state index >= 15 is 0 Å². The molecule has 0 atom stereocenters. The van der Waals surface area contributed by atoms with E-state index in [-0.39, 0.29) is 22.7 Å². The largest absolute Gasteiger partial charge is 0.476 e. The Morgan fingerprint density at radius 2 is 2.19 bits per heavy atom. The highest BCUT2D eigenvalue weighted by Crippen LogP contribution is 2.17. The number of sulfonamides is 1. The van der Waals surface area contributed by atoms with E-state index in [4.69, 9.17) is 5.11 Å². The number of nitrogens with one attached hydrogen (secondary N) is 1. The van der Waals surface area contributed by atoms with E-state index in [1.807, 2.05) is 0 Å². The Morgan fingerprint density at radius 3 is 2.76 bits per heavy atom. The Labute approximate surface area is 124 Å². The molecule has 0 aliphatic heterocycles.